The third-order valence-electron chi connectivity index (χ3n) is 4.30. The molecule has 0 radical (unpaired) electrons. The van der Waals surface area contributed by atoms with Crippen molar-refractivity contribution in [3.8, 4) is 0 Å². The Labute approximate surface area is 206 Å². The molecule has 1 saturated heterocycles. The first-order valence-corrected chi connectivity index (χ1v) is 11.3. The van der Waals surface area contributed by atoms with E-state index >= 15 is 0 Å². The Bertz CT molecular complexity index is 1000. The van der Waals surface area contributed by atoms with Crippen molar-refractivity contribution in [2.24, 2.45) is 5.11 Å². The van der Waals surface area contributed by atoms with Crippen molar-refractivity contribution in [3.05, 3.63) is 32.9 Å². The summed E-state index contributed by atoms with van der Waals surface area (Å²) >= 11 is 4.21. The molecule has 0 amide bonds. The molecule has 1 aliphatic rings. The van der Waals surface area contributed by atoms with Crippen molar-refractivity contribution in [3.63, 3.8) is 0 Å². The van der Waals surface area contributed by atoms with Crippen LogP contribution in [0.2, 0.25) is 0 Å². The fraction of sp³-hybridized carbons (Fsp3) is 0.526. The van der Waals surface area contributed by atoms with Gasteiger partial charge in [-0.25, -0.2) is 9.78 Å². The first kappa shape index (κ1) is 27.4. The van der Waals surface area contributed by atoms with Gasteiger partial charge in [0, 0.05) is 41.2 Å². The van der Waals surface area contributed by atoms with Gasteiger partial charge >= 0.3 is 23.9 Å². The molecule has 0 unspecified atom stereocenters. The number of thioether (sulfide) groups is 1. The van der Waals surface area contributed by atoms with Crippen LogP contribution in [0.1, 0.15) is 31.3 Å². The SMILES string of the molecule is COC(=O)c1ncc(Br)cc1S[C@H]1O[C@H](COC(C)=O)[C@H](OC(C)=O)[C@H](N=[N+]=[N-])[C@H]1OC(C)=O. The van der Waals surface area contributed by atoms with E-state index in [0.29, 0.717) is 9.37 Å². The van der Waals surface area contributed by atoms with E-state index < -0.39 is 53.7 Å². The number of ether oxygens (including phenoxy) is 5. The van der Waals surface area contributed by atoms with Crippen LogP contribution in [0.4, 0.5) is 0 Å². The monoisotopic (exact) mass is 560 g/mol. The van der Waals surface area contributed by atoms with Gasteiger partial charge in [0.15, 0.2) is 5.69 Å². The van der Waals surface area contributed by atoms with Crippen LogP contribution in [0.3, 0.4) is 0 Å². The van der Waals surface area contributed by atoms with Crippen LogP contribution in [0.15, 0.2) is 26.7 Å². The van der Waals surface area contributed by atoms with E-state index in [9.17, 15) is 19.2 Å². The Hall–Kier alpha value is -2.87. The number of pyridine rings is 1. The van der Waals surface area contributed by atoms with Crippen LogP contribution < -0.4 is 0 Å². The van der Waals surface area contributed by atoms with Crippen molar-refractivity contribution in [1.29, 1.82) is 0 Å². The fourth-order valence-corrected chi connectivity index (χ4v) is 4.78. The summed E-state index contributed by atoms with van der Waals surface area (Å²) in [7, 11) is 1.19. The molecule has 0 aromatic carbocycles. The van der Waals surface area contributed by atoms with Gasteiger partial charge in [-0.3, -0.25) is 14.4 Å². The molecule has 1 fully saturated rings. The zero-order valence-corrected chi connectivity index (χ0v) is 20.9. The maximum Gasteiger partial charge on any atom is 0.357 e. The van der Waals surface area contributed by atoms with Gasteiger partial charge in [0.05, 0.1) is 7.11 Å². The summed E-state index contributed by atoms with van der Waals surface area (Å²) in [6.45, 7) is 3.10. The minimum Gasteiger partial charge on any atom is -0.464 e. The van der Waals surface area contributed by atoms with Crippen LogP contribution in [0.5, 0.6) is 0 Å². The van der Waals surface area contributed by atoms with E-state index in [1.54, 1.807) is 6.07 Å². The maximum atomic E-state index is 12.2. The fourth-order valence-electron chi connectivity index (χ4n) is 3.05. The largest absolute Gasteiger partial charge is 0.464 e. The molecule has 0 N–H and O–H groups in total. The number of nitrogens with zero attached hydrogens (tertiary/aromatic N) is 4. The average Bonchev–Trinajstić information content (AvgIpc) is 2.75. The molecule has 1 aromatic heterocycles. The van der Waals surface area contributed by atoms with Crippen molar-refractivity contribution >= 4 is 51.6 Å². The van der Waals surface area contributed by atoms with Gasteiger partial charge in [0.2, 0.25) is 0 Å². The van der Waals surface area contributed by atoms with Crippen molar-refractivity contribution in [1.82, 2.24) is 4.98 Å². The van der Waals surface area contributed by atoms with Crippen LogP contribution in [0.25, 0.3) is 10.4 Å². The van der Waals surface area contributed by atoms with E-state index in [0.717, 1.165) is 25.6 Å². The highest BCUT2D eigenvalue weighted by Crippen LogP contribution is 2.39. The minimum absolute atomic E-state index is 0.0418. The lowest BCUT2D eigenvalue weighted by molar-refractivity contribution is -0.201. The van der Waals surface area contributed by atoms with Crippen LogP contribution in [-0.4, -0.2) is 72.4 Å². The maximum absolute atomic E-state index is 12.2. The van der Waals surface area contributed by atoms with Crippen molar-refractivity contribution in [2.45, 2.75) is 55.5 Å². The number of rotatable bonds is 8. The van der Waals surface area contributed by atoms with E-state index in [1.165, 1.54) is 20.2 Å². The zero-order chi connectivity index (χ0) is 25.4. The molecule has 0 saturated carbocycles. The minimum atomic E-state index is -1.25. The molecular formula is C19H21BrN4O9S. The predicted octanol–water partition coefficient (Wildman–Crippen LogP) is 2.55. The third-order valence-corrected chi connectivity index (χ3v) is 5.91. The molecule has 2 rings (SSSR count). The van der Waals surface area contributed by atoms with Gasteiger partial charge < -0.3 is 23.7 Å². The molecule has 1 aliphatic heterocycles. The number of azide groups is 1. The summed E-state index contributed by atoms with van der Waals surface area (Å²) in [5.74, 6) is -2.80. The molecule has 0 aliphatic carbocycles. The summed E-state index contributed by atoms with van der Waals surface area (Å²) in [6, 6.07) is 0.325. The molecule has 5 atom stereocenters. The summed E-state index contributed by atoms with van der Waals surface area (Å²) in [5.41, 5.74) is 8.02. The second-order valence-electron chi connectivity index (χ2n) is 6.80. The number of methoxy groups -OCH3 is 1. The molecule has 0 bridgehead atoms. The number of carbonyl (C=O) groups is 4. The lowest BCUT2D eigenvalue weighted by atomic mass is 9.97. The lowest BCUT2D eigenvalue weighted by Gasteiger charge is -2.43. The van der Waals surface area contributed by atoms with E-state index in [2.05, 4.69) is 30.9 Å². The second-order valence-corrected chi connectivity index (χ2v) is 8.85. The standard InChI is InChI=1S/C19H21BrN4O9S/c1-8(25)30-7-12-16(31-9(2)26)15(23-24-21)17(32-10(3)27)19(33-12)34-13-5-11(20)6-22-14(13)18(28)29-4/h5-6,12,15-17,19H,7H2,1-4H3/t12-,15+,16+,17-,19-/m1/s1. The topological polar surface area (TPSA) is 176 Å². The summed E-state index contributed by atoms with van der Waals surface area (Å²) in [5, 5.41) is 3.69. The Morgan fingerprint density at radius 3 is 2.38 bits per heavy atom. The molecule has 15 heteroatoms. The van der Waals surface area contributed by atoms with Crippen LogP contribution >= 0.6 is 27.7 Å². The lowest BCUT2D eigenvalue weighted by Crippen LogP contribution is -2.59. The summed E-state index contributed by atoms with van der Waals surface area (Å²) in [6.07, 6.45) is -2.19. The van der Waals surface area contributed by atoms with E-state index in [-0.39, 0.29) is 12.3 Å². The van der Waals surface area contributed by atoms with Gasteiger partial charge in [-0.05, 0) is 27.5 Å². The Kier molecular flexibility index (Phi) is 10.1. The van der Waals surface area contributed by atoms with Crippen LogP contribution in [-0.2, 0) is 38.1 Å². The van der Waals surface area contributed by atoms with Gasteiger partial charge in [0.1, 0.15) is 36.4 Å². The Balaban J connectivity index is 2.55. The summed E-state index contributed by atoms with van der Waals surface area (Å²) < 4.78 is 27.0. The van der Waals surface area contributed by atoms with E-state index in [1.807, 2.05) is 0 Å². The number of aromatic nitrogens is 1. The molecule has 0 spiro atoms. The van der Waals surface area contributed by atoms with Gasteiger partial charge in [-0.1, -0.05) is 16.9 Å². The molecule has 184 valence electrons. The molecular weight excluding hydrogens is 540 g/mol. The quantitative estimate of drug-likeness (QED) is 0.150. The number of halogens is 1. The normalized spacial score (nSPS) is 23.7. The number of hydrogen-bond donors (Lipinski definition) is 0. The molecule has 13 nitrogen and oxygen atoms in total. The van der Waals surface area contributed by atoms with Crippen molar-refractivity contribution < 1.29 is 42.9 Å². The van der Waals surface area contributed by atoms with Gasteiger partial charge in [-0.2, -0.15) is 0 Å². The Morgan fingerprint density at radius 2 is 1.82 bits per heavy atom. The smallest absolute Gasteiger partial charge is 0.357 e. The second kappa shape index (κ2) is 12.6. The summed E-state index contributed by atoms with van der Waals surface area (Å²) in [4.78, 5) is 54.4. The number of hydrogen-bond acceptors (Lipinski definition) is 12. The molecule has 2 heterocycles. The van der Waals surface area contributed by atoms with Crippen molar-refractivity contribution in [2.75, 3.05) is 13.7 Å². The highest BCUT2D eigenvalue weighted by molar-refractivity contribution is 9.10. The predicted molar refractivity (Wildman–Crippen MR) is 118 cm³/mol. The molecule has 34 heavy (non-hydrogen) atoms. The number of carbonyl (C=O) groups excluding carboxylic acids is 4. The van der Waals surface area contributed by atoms with Gasteiger partial charge in [-0.15, -0.1) is 0 Å². The number of esters is 4. The Morgan fingerprint density at radius 1 is 1.18 bits per heavy atom. The van der Waals surface area contributed by atoms with Crippen LogP contribution in [0, 0.1) is 0 Å². The first-order valence-electron chi connectivity index (χ1n) is 9.65. The zero-order valence-electron chi connectivity index (χ0n) is 18.5. The molecule has 1 aromatic rings. The highest BCUT2D eigenvalue weighted by atomic mass is 79.9. The first-order chi connectivity index (χ1) is 16.1. The van der Waals surface area contributed by atoms with Gasteiger partial charge in [0.25, 0.3) is 0 Å². The highest BCUT2D eigenvalue weighted by Gasteiger charge is 2.50. The van der Waals surface area contributed by atoms with E-state index in [4.69, 9.17) is 29.2 Å². The average molecular weight is 561 g/mol. The third kappa shape index (κ3) is 7.32.